The van der Waals surface area contributed by atoms with Crippen molar-refractivity contribution in [3.05, 3.63) is 34.9 Å². The zero-order chi connectivity index (χ0) is 13.2. The van der Waals surface area contributed by atoms with Crippen LogP contribution in [0.1, 0.15) is 30.1 Å². The van der Waals surface area contributed by atoms with Gasteiger partial charge in [0.1, 0.15) is 0 Å². The molecule has 1 rings (SSSR count). The van der Waals surface area contributed by atoms with Crippen molar-refractivity contribution in [1.82, 2.24) is 0 Å². The maximum atomic E-state index is 13.3. The summed E-state index contributed by atoms with van der Waals surface area (Å²) in [6.07, 6.45) is -8.03. The summed E-state index contributed by atoms with van der Waals surface area (Å²) in [6, 6.07) is 2.30. The molecule has 0 heterocycles. The van der Waals surface area contributed by atoms with Crippen molar-refractivity contribution in [3.63, 3.8) is 0 Å². The molecule has 0 radical (unpaired) electrons. The van der Waals surface area contributed by atoms with E-state index < -0.39 is 42.3 Å². The van der Waals surface area contributed by atoms with Crippen molar-refractivity contribution in [3.8, 4) is 0 Å². The number of halogens is 5. The summed E-state index contributed by atoms with van der Waals surface area (Å²) in [5.74, 6) is -2.44. The number of hydrogen-bond acceptors (Lipinski definition) is 1. The normalized spacial score (nSPS) is 13.8. The van der Waals surface area contributed by atoms with Crippen molar-refractivity contribution in [2.24, 2.45) is 0 Å². The van der Waals surface area contributed by atoms with Crippen LogP contribution in [-0.2, 0) is 0 Å². The Morgan fingerprint density at radius 1 is 1.18 bits per heavy atom. The quantitative estimate of drug-likeness (QED) is 0.816. The van der Waals surface area contributed by atoms with Crippen LogP contribution in [0.15, 0.2) is 12.1 Å². The first kappa shape index (κ1) is 13.9. The van der Waals surface area contributed by atoms with Gasteiger partial charge in [0.25, 0.3) is 0 Å². The summed E-state index contributed by atoms with van der Waals surface area (Å²) in [5, 5.41) is 9.37. The van der Waals surface area contributed by atoms with Gasteiger partial charge in [0, 0.05) is 12.0 Å². The molecule has 1 aromatic rings. The van der Waals surface area contributed by atoms with E-state index >= 15 is 0 Å². The Labute approximate surface area is 94.9 Å². The molecule has 0 aliphatic rings. The average Bonchev–Trinajstić information content (AvgIpc) is 2.22. The van der Waals surface area contributed by atoms with E-state index in [1.807, 2.05) is 0 Å². The third kappa shape index (κ3) is 3.66. The third-order valence-corrected chi connectivity index (χ3v) is 2.37. The smallest absolute Gasteiger partial charge is 0.388 e. The standard InChI is InChI=1S/C11H11F5O/c1-6-2-3-7(10(13)9(6)12)8(17)4-5-11(14,15)16/h2-3,8,17H,4-5H2,1H3. The lowest BCUT2D eigenvalue weighted by Gasteiger charge is -2.14. The van der Waals surface area contributed by atoms with Gasteiger partial charge in [-0.1, -0.05) is 12.1 Å². The molecule has 0 aromatic heterocycles. The highest BCUT2D eigenvalue weighted by atomic mass is 19.4. The predicted octanol–water partition coefficient (Wildman–Crippen LogP) is 3.65. The first-order valence-corrected chi connectivity index (χ1v) is 4.91. The Balaban J connectivity index is 2.83. The van der Waals surface area contributed by atoms with Crippen LogP contribution in [0.2, 0.25) is 0 Å². The molecule has 17 heavy (non-hydrogen) atoms. The van der Waals surface area contributed by atoms with Crippen molar-refractivity contribution in [2.75, 3.05) is 0 Å². The summed E-state index contributed by atoms with van der Waals surface area (Å²) in [7, 11) is 0. The topological polar surface area (TPSA) is 20.2 Å². The maximum Gasteiger partial charge on any atom is 0.389 e. The van der Waals surface area contributed by atoms with Gasteiger partial charge >= 0.3 is 6.18 Å². The molecule has 0 saturated heterocycles. The summed E-state index contributed by atoms with van der Waals surface area (Å²) < 4.78 is 62.1. The largest absolute Gasteiger partial charge is 0.389 e. The van der Waals surface area contributed by atoms with Crippen molar-refractivity contribution in [2.45, 2.75) is 32.0 Å². The van der Waals surface area contributed by atoms with Crippen LogP contribution in [0.4, 0.5) is 22.0 Å². The minimum Gasteiger partial charge on any atom is -0.388 e. The minimum atomic E-state index is -4.43. The highest BCUT2D eigenvalue weighted by Crippen LogP contribution is 2.29. The number of aryl methyl sites for hydroxylation is 1. The van der Waals surface area contributed by atoms with E-state index in [0.29, 0.717) is 0 Å². The minimum absolute atomic E-state index is 0.0364. The molecule has 6 heteroatoms. The van der Waals surface area contributed by atoms with Crippen molar-refractivity contribution >= 4 is 0 Å². The Kier molecular flexibility index (Phi) is 4.08. The van der Waals surface area contributed by atoms with Crippen molar-refractivity contribution in [1.29, 1.82) is 0 Å². The van der Waals surface area contributed by atoms with Crippen LogP contribution < -0.4 is 0 Å². The Bertz CT molecular complexity index is 400. The Morgan fingerprint density at radius 2 is 1.76 bits per heavy atom. The lowest BCUT2D eigenvalue weighted by atomic mass is 10.0. The molecule has 0 bridgehead atoms. The molecule has 1 nitrogen and oxygen atoms in total. The molecule has 0 fully saturated rings. The van der Waals surface area contributed by atoms with Crippen molar-refractivity contribution < 1.29 is 27.1 Å². The fraction of sp³-hybridized carbons (Fsp3) is 0.455. The van der Waals surface area contributed by atoms with Gasteiger partial charge in [0.05, 0.1) is 6.10 Å². The molecular formula is C11H11F5O. The summed E-state index contributed by atoms with van der Waals surface area (Å²) in [6.45, 7) is 1.32. The van der Waals surface area contributed by atoms with E-state index in [0.717, 1.165) is 6.07 Å². The van der Waals surface area contributed by atoms with E-state index in [4.69, 9.17) is 0 Å². The van der Waals surface area contributed by atoms with Gasteiger partial charge in [-0.2, -0.15) is 13.2 Å². The van der Waals surface area contributed by atoms with Gasteiger partial charge in [-0.05, 0) is 18.9 Å². The molecule has 0 aliphatic carbocycles. The van der Waals surface area contributed by atoms with Crippen LogP contribution in [0.25, 0.3) is 0 Å². The second kappa shape index (κ2) is 5.00. The monoisotopic (exact) mass is 254 g/mol. The lowest BCUT2D eigenvalue weighted by molar-refractivity contribution is -0.140. The van der Waals surface area contributed by atoms with E-state index in [9.17, 15) is 27.1 Å². The maximum absolute atomic E-state index is 13.3. The molecule has 1 atom stereocenters. The molecular weight excluding hydrogens is 243 g/mol. The zero-order valence-electron chi connectivity index (χ0n) is 8.98. The third-order valence-electron chi connectivity index (χ3n) is 2.37. The highest BCUT2D eigenvalue weighted by molar-refractivity contribution is 5.26. The molecule has 0 spiro atoms. The first-order chi connectivity index (χ1) is 7.72. The Morgan fingerprint density at radius 3 is 2.29 bits per heavy atom. The molecule has 96 valence electrons. The van der Waals surface area contributed by atoms with E-state index in [1.165, 1.54) is 13.0 Å². The van der Waals surface area contributed by atoms with Gasteiger partial charge in [0.2, 0.25) is 0 Å². The average molecular weight is 254 g/mol. The van der Waals surface area contributed by atoms with E-state index in [2.05, 4.69) is 0 Å². The second-order valence-corrected chi connectivity index (χ2v) is 3.77. The van der Waals surface area contributed by atoms with Gasteiger partial charge in [-0.15, -0.1) is 0 Å². The van der Waals surface area contributed by atoms with Gasteiger partial charge in [-0.3, -0.25) is 0 Å². The molecule has 0 saturated carbocycles. The summed E-state index contributed by atoms with van der Waals surface area (Å²) in [5.41, 5.74) is -0.411. The summed E-state index contributed by atoms with van der Waals surface area (Å²) in [4.78, 5) is 0. The van der Waals surface area contributed by atoms with E-state index in [1.54, 1.807) is 0 Å². The fourth-order valence-corrected chi connectivity index (χ4v) is 1.37. The predicted molar refractivity (Wildman–Crippen MR) is 51.3 cm³/mol. The van der Waals surface area contributed by atoms with Gasteiger partial charge in [0.15, 0.2) is 11.6 Å². The van der Waals surface area contributed by atoms with Gasteiger partial charge in [-0.25, -0.2) is 8.78 Å². The first-order valence-electron chi connectivity index (χ1n) is 4.91. The van der Waals surface area contributed by atoms with Crippen LogP contribution in [0, 0.1) is 18.6 Å². The fourth-order valence-electron chi connectivity index (χ4n) is 1.37. The van der Waals surface area contributed by atoms with Gasteiger partial charge < -0.3 is 5.11 Å². The lowest BCUT2D eigenvalue weighted by Crippen LogP contribution is -2.11. The molecule has 1 unspecified atom stereocenters. The number of aliphatic hydroxyl groups excluding tert-OH is 1. The highest BCUT2D eigenvalue weighted by Gasteiger charge is 2.29. The Hall–Kier alpha value is -1.17. The molecule has 1 aromatic carbocycles. The molecule has 0 aliphatic heterocycles. The van der Waals surface area contributed by atoms with Crippen LogP contribution in [-0.4, -0.2) is 11.3 Å². The molecule has 1 N–H and O–H groups in total. The zero-order valence-corrected chi connectivity index (χ0v) is 8.98. The number of rotatable bonds is 3. The number of aliphatic hydroxyl groups is 1. The second-order valence-electron chi connectivity index (χ2n) is 3.77. The SMILES string of the molecule is Cc1ccc(C(O)CCC(F)(F)F)c(F)c1F. The summed E-state index contributed by atoms with van der Waals surface area (Å²) >= 11 is 0. The number of benzene rings is 1. The van der Waals surface area contributed by atoms with E-state index in [-0.39, 0.29) is 5.56 Å². The van der Waals surface area contributed by atoms with Crippen LogP contribution in [0.3, 0.4) is 0 Å². The van der Waals surface area contributed by atoms with Crippen LogP contribution in [0.5, 0.6) is 0 Å². The molecule has 0 amide bonds. The van der Waals surface area contributed by atoms with Crippen LogP contribution >= 0.6 is 0 Å². The number of alkyl halides is 3. The number of hydrogen-bond donors (Lipinski definition) is 1.